The first-order valence-electron chi connectivity index (χ1n) is 9.76. The van der Waals surface area contributed by atoms with E-state index in [4.69, 9.17) is 0 Å². The number of anilines is 1. The van der Waals surface area contributed by atoms with Crippen molar-refractivity contribution >= 4 is 23.0 Å². The number of piperazine rings is 1. The highest BCUT2D eigenvalue weighted by Gasteiger charge is 2.30. The fourth-order valence-electron chi connectivity index (χ4n) is 4.06. The summed E-state index contributed by atoms with van der Waals surface area (Å²) in [4.78, 5) is 48.3. The Morgan fingerprint density at radius 1 is 0.893 bits per heavy atom. The molecule has 28 heavy (non-hydrogen) atoms. The molecule has 0 bridgehead atoms. The van der Waals surface area contributed by atoms with Gasteiger partial charge in [-0.05, 0) is 20.0 Å². The lowest BCUT2D eigenvalue weighted by Crippen LogP contribution is -2.45. The maximum absolute atomic E-state index is 12.6. The van der Waals surface area contributed by atoms with Gasteiger partial charge in [-0.1, -0.05) is 0 Å². The minimum absolute atomic E-state index is 0.0167. The number of carbonyl (C=O) groups excluding carboxylic acids is 1. The van der Waals surface area contributed by atoms with Crippen LogP contribution in [-0.2, 0) is 25.4 Å². The molecule has 2 aromatic heterocycles. The molecule has 1 amide bonds. The van der Waals surface area contributed by atoms with Gasteiger partial charge in [-0.2, -0.15) is 4.98 Å². The number of carbonyl (C=O) groups is 1. The van der Waals surface area contributed by atoms with Crippen LogP contribution in [0.2, 0.25) is 0 Å². The quantitative estimate of drug-likeness (QED) is 0.653. The Kier molecular flexibility index (Phi) is 4.84. The van der Waals surface area contributed by atoms with E-state index in [2.05, 4.69) is 21.8 Å². The highest BCUT2D eigenvalue weighted by molar-refractivity contribution is 5.95. The second kappa shape index (κ2) is 7.17. The maximum atomic E-state index is 12.6. The minimum Gasteiger partial charge on any atom is -0.304 e. The Labute approximate surface area is 162 Å². The normalized spacial score (nSPS) is 18.8. The first-order chi connectivity index (χ1) is 13.4. The van der Waals surface area contributed by atoms with Crippen molar-refractivity contribution in [2.75, 3.05) is 51.2 Å². The first kappa shape index (κ1) is 18.9. The molecule has 0 atom stereocenters. The average molecular weight is 389 g/mol. The van der Waals surface area contributed by atoms with Crippen molar-refractivity contribution in [3.8, 4) is 0 Å². The van der Waals surface area contributed by atoms with Crippen LogP contribution < -0.4 is 16.1 Å². The van der Waals surface area contributed by atoms with Crippen LogP contribution in [0.5, 0.6) is 0 Å². The summed E-state index contributed by atoms with van der Waals surface area (Å²) in [6, 6.07) is 0. The number of fused-ring (bicyclic) bond motifs is 3. The van der Waals surface area contributed by atoms with Crippen molar-refractivity contribution in [3.05, 3.63) is 20.8 Å². The Bertz CT molecular complexity index is 1030. The zero-order valence-electron chi connectivity index (χ0n) is 16.7. The number of rotatable bonds is 4. The molecule has 10 nitrogen and oxygen atoms in total. The van der Waals surface area contributed by atoms with Crippen LogP contribution in [-0.4, -0.2) is 80.7 Å². The van der Waals surface area contributed by atoms with E-state index in [0.29, 0.717) is 36.6 Å². The highest BCUT2D eigenvalue weighted by Crippen LogP contribution is 2.25. The fraction of sp³-hybridized carbons (Fsp3) is 0.667. The lowest BCUT2D eigenvalue weighted by atomic mass is 10.2. The van der Waals surface area contributed by atoms with E-state index in [-0.39, 0.29) is 11.5 Å². The van der Waals surface area contributed by atoms with Gasteiger partial charge in [0, 0.05) is 59.8 Å². The van der Waals surface area contributed by atoms with Gasteiger partial charge in [0.25, 0.3) is 5.56 Å². The summed E-state index contributed by atoms with van der Waals surface area (Å²) in [5.41, 5.74) is -0.0671. The van der Waals surface area contributed by atoms with Gasteiger partial charge in [0.2, 0.25) is 11.9 Å². The number of amides is 1. The molecule has 0 saturated carbocycles. The second-order valence-electron chi connectivity index (χ2n) is 7.74. The smallest absolute Gasteiger partial charge is 0.304 e. The summed E-state index contributed by atoms with van der Waals surface area (Å²) in [5, 5.41) is 0. The van der Waals surface area contributed by atoms with Crippen molar-refractivity contribution < 1.29 is 4.79 Å². The van der Waals surface area contributed by atoms with Crippen LogP contribution >= 0.6 is 0 Å². The number of aryl methyl sites for hydroxylation is 2. The van der Waals surface area contributed by atoms with Crippen LogP contribution in [0.4, 0.5) is 5.95 Å². The van der Waals surface area contributed by atoms with Crippen LogP contribution in [0.15, 0.2) is 9.59 Å². The molecular formula is C18H27N7O3. The van der Waals surface area contributed by atoms with E-state index in [9.17, 15) is 14.4 Å². The minimum atomic E-state index is -0.416. The topological polar surface area (TPSA) is 88.6 Å². The number of nitrogens with zero attached hydrogens (tertiary/aromatic N) is 7. The molecule has 2 aliphatic rings. The zero-order chi connectivity index (χ0) is 20.0. The summed E-state index contributed by atoms with van der Waals surface area (Å²) < 4.78 is 4.24. The molecule has 0 unspecified atom stereocenters. The molecule has 152 valence electrons. The highest BCUT2D eigenvalue weighted by atomic mass is 16.2. The number of likely N-dealkylation sites (N-methyl/N-ethyl adjacent to an activating group) is 1. The van der Waals surface area contributed by atoms with Crippen molar-refractivity contribution in [1.29, 1.82) is 0 Å². The van der Waals surface area contributed by atoms with Crippen molar-refractivity contribution in [2.45, 2.75) is 19.4 Å². The van der Waals surface area contributed by atoms with Crippen LogP contribution in [0.3, 0.4) is 0 Å². The van der Waals surface area contributed by atoms with Gasteiger partial charge >= 0.3 is 5.69 Å². The van der Waals surface area contributed by atoms with E-state index >= 15 is 0 Å². The summed E-state index contributed by atoms with van der Waals surface area (Å²) in [5.74, 6) is 0.492. The van der Waals surface area contributed by atoms with E-state index in [1.807, 2.05) is 0 Å². The molecule has 2 aromatic rings. The predicted molar refractivity (Wildman–Crippen MR) is 106 cm³/mol. The third-order valence-corrected chi connectivity index (χ3v) is 5.87. The third-order valence-electron chi connectivity index (χ3n) is 5.87. The Morgan fingerprint density at radius 2 is 1.61 bits per heavy atom. The SMILES string of the molecule is CN1CCN(CCCN2C(=O)CCn3c2nc2c3c(=O)n(C)c(=O)n2C)CC1. The van der Waals surface area contributed by atoms with Crippen molar-refractivity contribution in [2.24, 2.45) is 14.1 Å². The van der Waals surface area contributed by atoms with Crippen molar-refractivity contribution in [1.82, 2.24) is 28.5 Å². The molecule has 0 spiro atoms. The van der Waals surface area contributed by atoms with Crippen LogP contribution in [0.1, 0.15) is 12.8 Å². The Balaban J connectivity index is 1.60. The molecule has 10 heteroatoms. The Morgan fingerprint density at radius 3 is 2.32 bits per heavy atom. The molecule has 4 rings (SSSR count). The van der Waals surface area contributed by atoms with Gasteiger partial charge in [0.05, 0.1) is 0 Å². The lowest BCUT2D eigenvalue weighted by molar-refractivity contribution is -0.119. The molecule has 2 aliphatic heterocycles. The van der Waals surface area contributed by atoms with Gasteiger partial charge in [-0.25, -0.2) is 4.79 Å². The number of aromatic nitrogens is 4. The first-order valence-corrected chi connectivity index (χ1v) is 9.76. The third kappa shape index (κ3) is 3.06. The van der Waals surface area contributed by atoms with Crippen LogP contribution in [0.25, 0.3) is 11.2 Å². The van der Waals surface area contributed by atoms with E-state index in [0.717, 1.165) is 43.7 Å². The fourth-order valence-corrected chi connectivity index (χ4v) is 4.06. The zero-order valence-corrected chi connectivity index (χ0v) is 16.7. The van der Waals surface area contributed by atoms with E-state index < -0.39 is 5.69 Å². The standard InChI is InChI=1S/C18H27N7O3/c1-20-9-11-23(12-10-20)6-4-7-24-13(26)5-8-25-14-15(19-17(24)25)21(2)18(28)22(3)16(14)27/h4-12H2,1-3H3. The van der Waals surface area contributed by atoms with Gasteiger partial charge < -0.3 is 14.4 Å². The summed E-state index contributed by atoms with van der Waals surface area (Å²) in [6.07, 6.45) is 1.18. The van der Waals surface area contributed by atoms with E-state index in [1.54, 1.807) is 16.5 Å². The molecule has 1 saturated heterocycles. The van der Waals surface area contributed by atoms with Gasteiger partial charge in [0.1, 0.15) is 0 Å². The molecule has 0 N–H and O–H groups in total. The predicted octanol–water partition coefficient (Wildman–Crippen LogP) is -1.19. The van der Waals surface area contributed by atoms with Gasteiger partial charge in [-0.3, -0.25) is 23.6 Å². The Hall–Kier alpha value is -2.46. The van der Waals surface area contributed by atoms with Crippen molar-refractivity contribution in [3.63, 3.8) is 0 Å². The average Bonchev–Trinajstić information content (AvgIpc) is 3.07. The molecule has 4 heterocycles. The largest absolute Gasteiger partial charge is 0.332 e. The summed E-state index contributed by atoms with van der Waals surface area (Å²) in [7, 11) is 5.19. The molecule has 1 fully saturated rings. The molecule has 0 aliphatic carbocycles. The van der Waals surface area contributed by atoms with Crippen LogP contribution in [0, 0.1) is 0 Å². The summed E-state index contributed by atoms with van der Waals surface area (Å²) >= 11 is 0. The van der Waals surface area contributed by atoms with Gasteiger partial charge in [-0.15, -0.1) is 0 Å². The van der Waals surface area contributed by atoms with E-state index in [1.165, 1.54) is 11.6 Å². The number of hydrogen-bond donors (Lipinski definition) is 0. The molecule has 0 radical (unpaired) electrons. The molecular weight excluding hydrogens is 362 g/mol. The number of hydrogen-bond acceptors (Lipinski definition) is 6. The second-order valence-corrected chi connectivity index (χ2v) is 7.74. The number of imidazole rings is 1. The summed E-state index contributed by atoms with van der Waals surface area (Å²) in [6.45, 7) is 6.11. The monoisotopic (exact) mass is 389 g/mol. The molecule has 0 aromatic carbocycles. The lowest BCUT2D eigenvalue weighted by Gasteiger charge is -2.33. The van der Waals surface area contributed by atoms with Gasteiger partial charge in [0.15, 0.2) is 11.2 Å². The maximum Gasteiger partial charge on any atom is 0.332 e.